The van der Waals surface area contributed by atoms with Gasteiger partial charge in [-0.2, -0.15) is 0 Å². The first-order chi connectivity index (χ1) is 12.4. The van der Waals surface area contributed by atoms with Crippen molar-refractivity contribution < 1.29 is 13.2 Å². The molecule has 6 heteroatoms. The zero-order valence-electron chi connectivity index (χ0n) is 14.2. The van der Waals surface area contributed by atoms with Crippen molar-refractivity contribution in [3.8, 4) is 0 Å². The maximum absolute atomic E-state index is 13.1. The second-order valence-corrected chi connectivity index (χ2v) is 8.67. The summed E-state index contributed by atoms with van der Waals surface area (Å²) >= 11 is 3.53. The van der Waals surface area contributed by atoms with E-state index in [1.54, 1.807) is 42.6 Å². The number of allylic oxidation sites excluding steroid dienone is 2. The maximum atomic E-state index is 13.1. The van der Waals surface area contributed by atoms with Crippen molar-refractivity contribution in [2.75, 3.05) is 0 Å². The molecule has 3 rings (SSSR count). The van der Waals surface area contributed by atoms with Crippen molar-refractivity contribution in [2.24, 2.45) is 0 Å². The van der Waals surface area contributed by atoms with Crippen LogP contribution >= 0.6 is 15.9 Å². The number of aryl methyl sites for hydroxylation is 2. The highest BCUT2D eigenvalue weighted by molar-refractivity contribution is 9.10. The Hall–Kier alpha value is -2.18. The van der Waals surface area contributed by atoms with Crippen LogP contribution in [0, 0.1) is 6.92 Å². The average molecular weight is 432 g/mol. The van der Waals surface area contributed by atoms with E-state index in [1.165, 1.54) is 10.0 Å². The molecule has 1 heterocycles. The van der Waals surface area contributed by atoms with Gasteiger partial charge in [-0.1, -0.05) is 45.8 Å². The zero-order chi connectivity index (χ0) is 18.7. The summed E-state index contributed by atoms with van der Waals surface area (Å²) in [5.41, 5.74) is 2.56. The Labute approximate surface area is 161 Å². The molecule has 0 unspecified atom stereocenters. The minimum absolute atomic E-state index is 0.257. The summed E-state index contributed by atoms with van der Waals surface area (Å²) in [5.74, 6) is 0. The van der Waals surface area contributed by atoms with Crippen molar-refractivity contribution in [1.29, 1.82) is 0 Å². The first-order valence-corrected chi connectivity index (χ1v) is 10.4. The van der Waals surface area contributed by atoms with Crippen LogP contribution in [0.1, 0.15) is 17.5 Å². The van der Waals surface area contributed by atoms with Crippen LogP contribution in [0.4, 0.5) is 0 Å². The van der Waals surface area contributed by atoms with Gasteiger partial charge in [-0.3, -0.25) is 4.79 Å². The predicted octanol–water partition coefficient (Wildman–Crippen LogP) is 4.64. The minimum Gasteiger partial charge on any atom is -0.299 e. The van der Waals surface area contributed by atoms with Gasteiger partial charge in [0.05, 0.1) is 10.4 Å². The largest absolute Gasteiger partial charge is 0.299 e. The van der Waals surface area contributed by atoms with Crippen LogP contribution in [-0.4, -0.2) is 18.7 Å². The monoisotopic (exact) mass is 431 g/mol. The summed E-state index contributed by atoms with van der Waals surface area (Å²) in [6.07, 6.45) is 6.95. The van der Waals surface area contributed by atoms with E-state index in [1.807, 2.05) is 19.1 Å². The molecular formula is C20H18BrNO3S. The topological polar surface area (TPSA) is 56.1 Å². The number of hydrogen-bond donors (Lipinski definition) is 0. The third-order valence-electron chi connectivity index (χ3n) is 4.20. The first-order valence-electron chi connectivity index (χ1n) is 8.16. The summed E-state index contributed by atoms with van der Waals surface area (Å²) in [6.45, 7) is 1.92. The molecule has 0 N–H and O–H groups in total. The van der Waals surface area contributed by atoms with Crippen molar-refractivity contribution in [1.82, 2.24) is 3.97 Å². The van der Waals surface area contributed by atoms with Gasteiger partial charge in [0.25, 0.3) is 10.0 Å². The Morgan fingerprint density at radius 3 is 2.54 bits per heavy atom. The van der Waals surface area contributed by atoms with Crippen molar-refractivity contribution >= 4 is 43.1 Å². The highest BCUT2D eigenvalue weighted by Gasteiger charge is 2.21. The third kappa shape index (κ3) is 3.52. The van der Waals surface area contributed by atoms with Crippen LogP contribution in [0.2, 0.25) is 0 Å². The van der Waals surface area contributed by atoms with Gasteiger partial charge in [0.1, 0.15) is 6.29 Å². The minimum atomic E-state index is -3.69. The van der Waals surface area contributed by atoms with E-state index in [9.17, 15) is 13.2 Å². The Morgan fingerprint density at radius 1 is 1.12 bits per heavy atom. The summed E-state index contributed by atoms with van der Waals surface area (Å²) < 4.78 is 28.5. The zero-order valence-corrected chi connectivity index (χ0v) is 16.6. The standard InChI is InChI=1S/C20H18BrNO3S/c1-15-9-11-17(12-10-15)26(24,25)22-14-16(6-3-2-4-13-23)20-18(21)7-5-8-19(20)22/h2,4-5,7-14H,3,6H2,1H3/b4-2+. The average Bonchev–Trinajstić information content (AvgIpc) is 3.00. The predicted molar refractivity (Wildman–Crippen MR) is 107 cm³/mol. The molecule has 0 aliphatic carbocycles. The smallest absolute Gasteiger partial charge is 0.268 e. The van der Waals surface area contributed by atoms with E-state index in [0.717, 1.165) is 27.3 Å². The van der Waals surface area contributed by atoms with Gasteiger partial charge in [0.15, 0.2) is 0 Å². The fourth-order valence-corrected chi connectivity index (χ4v) is 4.89. The molecule has 0 spiro atoms. The number of aromatic nitrogens is 1. The molecule has 0 aliphatic rings. The first kappa shape index (κ1) is 18.6. The quantitative estimate of drug-likeness (QED) is 0.421. The van der Waals surface area contributed by atoms with Crippen LogP contribution in [-0.2, 0) is 21.2 Å². The number of nitrogens with zero attached hydrogens (tertiary/aromatic N) is 1. The van der Waals surface area contributed by atoms with E-state index in [4.69, 9.17) is 0 Å². The molecule has 2 aromatic carbocycles. The second-order valence-electron chi connectivity index (χ2n) is 6.01. The van der Waals surface area contributed by atoms with E-state index in [2.05, 4.69) is 15.9 Å². The van der Waals surface area contributed by atoms with Gasteiger partial charge in [-0.15, -0.1) is 0 Å². The number of fused-ring (bicyclic) bond motifs is 1. The molecule has 26 heavy (non-hydrogen) atoms. The molecule has 3 aromatic rings. The van der Waals surface area contributed by atoms with Gasteiger partial charge in [0, 0.05) is 16.1 Å². The molecule has 134 valence electrons. The van der Waals surface area contributed by atoms with Crippen molar-refractivity contribution in [2.45, 2.75) is 24.7 Å². The lowest BCUT2D eigenvalue weighted by molar-refractivity contribution is -0.104. The Morgan fingerprint density at radius 2 is 1.85 bits per heavy atom. The summed E-state index contributed by atoms with van der Waals surface area (Å²) in [5, 5.41) is 0.877. The van der Waals surface area contributed by atoms with E-state index in [0.29, 0.717) is 18.4 Å². The Kier molecular flexibility index (Phi) is 5.44. The summed E-state index contributed by atoms with van der Waals surface area (Å²) in [4.78, 5) is 10.7. The number of rotatable bonds is 6. The second kappa shape index (κ2) is 7.60. The number of benzene rings is 2. The normalized spacial score (nSPS) is 12.1. The number of hydrogen-bond acceptors (Lipinski definition) is 3. The molecule has 0 amide bonds. The van der Waals surface area contributed by atoms with Crippen LogP contribution in [0.25, 0.3) is 10.9 Å². The molecule has 0 atom stereocenters. The van der Waals surface area contributed by atoms with E-state index < -0.39 is 10.0 Å². The number of carbonyl (C=O) groups excluding carboxylic acids is 1. The van der Waals surface area contributed by atoms with Crippen LogP contribution < -0.4 is 0 Å². The lowest BCUT2D eigenvalue weighted by atomic mass is 10.1. The lowest BCUT2D eigenvalue weighted by Crippen LogP contribution is -2.11. The van der Waals surface area contributed by atoms with Gasteiger partial charge in [0.2, 0.25) is 0 Å². The molecule has 0 saturated carbocycles. The molecule has 0 aliphatic heterocycles. The lowest BCUT2D eigenvalue weighted by Gasteiger charge is -2.08. The van der Waals surface area contributed by atoms with E-state index >= 15 is 0 Å². The summed E-state index contributed by atoms with van der Waals surface area (Å²) in [6, 6.07) is 12.4. The molecule has 4 nitrogen and oxygen atoms in total. The molecule has 0 saturated heterocycles. The maximum Gasteiger partial charge on any atom is 0.268 e. The molecule has 1 aromatic heterocycles. The molecule has 0 radical (unpaired) electrons. The number of aldehydes is 1. The number of halogens is 1. The fourth-order valence-electron chi connectivity index (χ4n) is 2.89. The fraction of sp³-hybridized carbons (Fsp3) is 0.150. The Balaban J connectivity index is 2.14. The van der Waals surface area contributed by atoms with Crippen LogP contribution in [0.15, 0.2) is 70.2 Å². The van der Waals surface area contributed by atoms with E-state index in [-0.39, 0.29) is 4.90 Å². The van der Waals surface area contributed by atoms with Crippen LogP contribution in [0.3, 0.4) is 0 Å². The summed E-state index contributed by atoms with van der Waals surface area (Å²) in [7, 11) is -3.69. The van der Waals surface area contributed by atoms with Crippen molar-refractivity contribution in [3.63, 3.8) is 0 Å². The highest BCUT2D eigenvalue weighted by Crippen LogP contribution is 2.32. The van der Waals surface area contributed by atoms with Crippen molar-refractivity contribution in [3.05, 3.63) is 76.4 Å². The van der Waals surface area contributed by atoms with Gasteiger partial charge < -0.3 is 0 Å². The molecule has 0 bridgehead atoms. The van der Waals surface area contributed by atoms with Gasteiger partial charge >= 0.3 is 0 Å². The Bertz CT molecular complexity index is 1080. The third-order valence-corrected chi connectivity index (χ3v) is 6.54. The highest BCUT2D eigenvalue weighted by atomic mass is 79.9. The molecular weight excluding hydrogens is 414 g/mol. The number of carbonyl (C=O) groups is 1. The van der Waals surface area contributed by atoms with Gasteiger partial charge in [-0.25, -0.2) is 12.4 Å². The SMILES string of the molecule is Cc1ccc(S(=O)(=O)n2cc(CC/C=C/C=O)c3c(Br)cccc32)cc1. The molecule has 0 fully saturated rings. The van der Waals surface area contributed by atoms with Gasteiger partial charge in [-0.05, 0) is 55.7 Å². The van der Waals surface area contributed by atoms with Crippen LogP contribution in [0.5, 0.6) is 0 Å².